The van der Waals surface area contributed by atoms with E-state index >= 15 is 0 Å². The molecule has 1 aliphatic rings. The summed E-state index contributed by atoms with van der Waals surface area (Å²) in [6, 6.07) is 4.39. The molecule has 1 N–H and O–H groups in total. The topological polar surface area (TPSA) is 24.9 Å². The molecule has 0 radical (unpaired) electrons. The van der Waals surface area contributed by atoms with Crippen LogP contribution >= 0.6 is 12.4 Å². The Labute approximate surface area is 97.9 Å². The molecule has 2 heterocycles. The van der Waals surface area contributed by atoms with Gasteiger partial charge in [0.25, 0.3) is 0 Å². The van der Waals surface area contributed by atoms with Gasteiger partial charge in [-0.3, -0.25) is 4.98 Å². The fourth-order valence-electron chi connectivity index (χ4n) is 2.26. The Morgan fingerprint density at radius 1 is 1.20 bits per heavy atom. The highest BCUT2D eigenvalue weighted by Gasteiger charge is 2.17. The molecule has 2 nitrogen and oxygen atoms in total. The van der Waals surface area contributed by atoms with Crippen molar-refractivity contribution in [1.29, 1.82) is 0 Å². The normalized spacial score (nSPS) is 17.2. The van der Waals surface area contributed by atoms with Gasteiger partial charge < -0.3 is 5.32 Å². The van der Waals surface area contributed by atoms with Crippen LogP contribution in [-0.2, 0) is 0 Å². The lowest BCUT2D eigenvalue weighted by molar-refractivity contribution is 0.458. The first kappa shape index (κ1) is 12.5. The molecule has 0 unspecified atom stereocenters. The Balaban J connectivity index is 0.00000112. The summed E-state index contributed by atoms with van der Waals surface area (Å²) < 4.78 is 0. The predicted octanol–water partition coefficient (Wildman–Crippen LogP) is 2.59. The molecular weight excluding hydrogens is 208 g/mol. The Bertz CT molecular complexity index is 319. The van der Waals surface area contributed by atoms with Crippen molar-refractivity contribution in [3.8, 4) is 0 Å². The van der Waals surface area contributed by atoms with Gasteiger partial charge in [-0.1, -0.05) is 6.07 Å². The van der Waals surface area contributed by atoms with Gasteiger partial charge in [0, 0.05) is 11.4 Å². The second kappa shape index (κ2) is 5.47. The quantitative estimate of drug-likeness (QED) is 0.796. The molecule has 0 bridgehead atoms. The number of nitrogens with zero attached hydrogens (tertiary/aromatic N) is 1. The summed E-state index contributed by atoms with van der Waals surface area (Å²) in [7, 11) is 0. The predicted molar refractivity (Wildman–Crippen MR) is 65.8 cm³/mol. The van der Waals surface area contributed by atoms with Crippen LogP contribution in [0.2, 0.25) is 0 Å². The average Bonchev–Trinajstić information content (AvgIpc) is 2.19. The zero-order chi connectivity index (χ0) is 9.97. The van der Waals surface area contributed by atoms with E-state index in [0.29, 0.717) is 0 Å². The van der Waals surface area contributed by atoms with Gasteiger partial charge in [-0.05, 0) is 57.3 Å². The molecule has 15 heavy (non-hydrogen) atoms. The number of piperidine rings is 1. The SMILES string of the molecule is Cc1ccc(C2CCNCC2)c(C)n1.Cl. The highest BCUT2D eigenvalue weighted by atomic mass is 35.5. The van der Waals surface area contributed by atoms with Crippen molar-refractivity contribution in [1.82, 2.24) is 10.3 Å². The summed E-state index contributed by atoms with van der Waals surface area (Å²) in [5.41, 5.74) is 3.80. The van der Waals surface area contributed by atoms with Gasteiger partial charge in [-0.25, -0.2) is 0 Å². The summed E-state index contributed by atoms with van der Waals surface area (Å²) >= 11 is 0. The first-order valence-corrected chi connectivity index (χ1v) is 5.42. The van der Waals surface area contributed by atoms with E-state index in [1.165, 1.54) is 24.1 Å². The van der Waals surface area contributed by atoms with Crippen LogP contribution in [-0.4, -0.2) is 18.1 Å². The lowest BCUT2D eigenvalue weighted by Gasteiger charge is -2.24. The van der Waals surface area contributed by atoms with E-state index < -0.39 is 0 Å². The maximum Gasteiger partial charge on any atom is 0.0410 e. The molecule has 2 rings (SSSR count). The molecule has 1 aromatic rings. The largest absolute Gasteiger partial charge is 0.317 e. The van der Waals surface area contributed by atoms with Crippen LogP contribution in [0.1, 0.15) is 35.7 Å². The lowest BCUT2D eigenvalue weighted by atomic mass is 9.89. The number of aromatic nitrogens is 1. The van der Waals surface area contributed by atoms with Crippen molar-refractivity contribution in [2.45, 2.75) is 32.6 Å². The van der Waals surface area contributed by atoms with Gasteiger partial charge in [-0.2, -0.15) is 0 Å². The fraction of sp³-hybridized carbons (Fsp3) is 0.583. The van der Waals surface area contributed by atoms with E-state index in [4.69, 9.17) is 0 Å². The van der Waals surface area contributed by atoms with Crippen molar-refractivity contribution in [2.75, 3.05) is 13.1 Å². The van der Waals surface area contributed by atoms with E-state index in [1.54, 1.807) is 0 Å². The van der Waals surface area contributed by atoms with Crippen molar-refractivity contribution in [3.05, 3.63) is 29.1 Å². The Kier molecular flexibility index (Phi) is 4.55. The van der Waals surface area contributed by atoms with E-state index in [-0.39, 0.29) is 12.4 Å². The minimum absolute atomic E-state index is 0. The molecule has 0 spiro atoms. The third-order valence-corrected chi connectivity index (χ3v) is 3.04. The van der Waals surface area contributed by atoms with E-state index in [1.807, 2.05) is 0 Å². The molecule has 1 aliphatic heterocycles. The maximum atomic E-state index is 4.53. The molecule has 1 saturated heterocycles. The number of hydrogen-bond donors (Lipinski definition) is 1. The molecule has 1 aromatic heterocycles. The highest BCUT2D eigenvalue weighted by molar-refractivity contribution is 5.85. The Hall–Kier alpha value is -0.600. The smallest absolute Gasteiger partial charge is 0.0410 e. The van der Waals surface area contributed by atoms with Gasteiger partial charge >= 0.3 is 0 Å². The standard InChI is InChI=1S/C12H18N2.ClH/c1-9-3-4-12(10(2)14-9)11-5-7-13-8-6-11;/h3-4,11,13H,5-8H2,1-2H3;1H. The number of rotatable bonds is 1. The molecular formula is C12H19ClN2. The molecule has 0 saturated carbocycles. The van der Waals surface area contributed by atoms with E-state index in [0.717, 1.165) is 24.7 Å². The van der Waals surface area contributed by atoms with Crippen molar-refractivity contribution < 1.29 is 0 Å². The number of nitrogens with one attached hydrogen (secondary N) is 1. The van der Waals surface area contributed by atoms with E-state index in [9.17, 15) is 0 Å². The zero-order valence-electron chi connectivity index (χ0n) is 9.42. The first-order chi connectivity index (χ1) is 6.77. The molecule has 0 aliphatic carbocycles. The summed E-state index contributed by atoms with van der Waals surface area (Å²) in [6.07, 6.45) is 2.51. The minimum Gasteiger partial charge on any atom is -0.317 e. The fourth-order valence-corrected chi connectivity index (χ4v) is 2.26. The second-order valence-corrected chi connectivity index (χ2v) is 4.15. The van der Waals surface area contributed by atoms with E-state index in [2.05, 4.69) is 36.3 Å². The second-order valence-electron chi connectivity index (χ2n) is 4.15. The van der Waals surface area contributed by atoms with Gasteiger partial charge in [0.15, 0.2) is 0 Å². The average molecular weight is 227 g/mol. The van der Waals surface area contributed by atoms with Crippen molar-refractivity contribution in [3.63, 3.8) is 0 Å². The molecule has 0 aromatic carbocycles. The molecule has 1 fully saturated rings. The third-order valence-electron chi connectivity index (χ3n) is 3.04. The maximum absolute atomic E-state index is 4.53. The van der Waals surface area contributed by atoms with Crippen LogP contribution in [0.15, 0.2) is 12.1 Å². The Morgan fingerprint density at radius 3 is 2.47 bits per heavy atom. The summed E-state index contributed by atoms with van der Waals surface area (Å²) in [5, 5.41) is 3.39. The van der Waals surface area contributed by atoms with Gasteiger partial charge in [-0.15, -0.1) is 12.4 Å². The lowest BCUT2D eigenvalue weighted by Crippen LogP contribution is -2.27. The zero-order valence-corrected chi connectivity index (χ0v) is 10.2. The molecule has 0 amide bonds. The van der Waals surface area contributed by atoms with Crippen LogP contribution < -0.4 is 5.32 Å². The van der Waals surface area contributed by atoms with Crippen LogP contribution in [0.25, 0.3) is 0 Å². The van der Waals surface area contributed by atoms with Crippen molar-refractivity contribution >= 4 is 12.4 Å². The number of aryl methyl sites for hydroxylation is 2. The van der Waals surface area contributed by atoms with Crippen LogP contribution in [0.5, 0.6) is 0 Å². The Morgan fingerprint density at radius 2 is 1.87 bits per heavy atom. The molecule has 0 atom stereocenters. The number of pyridine rings is 1. The van der Waals surface area contributed by atoms with Gasteiger partial charge in [0.2, 0.25) is 0 Å². The monoisotopic (exact) mass is 226 g/mol. The minimum atomic E-state index is 0. The van der Waals surface area contributed by atoms with Gasteiger partial charge in [0.05, 0.1) is 0 Å². The summed E-state index contributed by atoms with van der Waals surface area (Å²) in [4.78, 5) is 4.53. The number of halogens is 1. The van der Waals surface area contributed by atoms with Crippen LogP contribution in [0, 0.1) is 13.8 Å². The molecule has 3 heteroatoms. The van der Waals surface area contributed by atoms with Crippen LogP contribution in [0.4, 0.5) is 0 Å². The number of hydrogen-bond acceptors (Lipinski definition) is 2. The summed E-state index contributed by atoms with van der Waals surface area (Å²) in [6.45, 7) is 6.49. The third kappa shape index (κ3) is 2.93. The summed E-state index contributed by atoms with van der Waals surface area (Å²) in [5.74, 6) is 0.726. The highest BCUT2D eigenvalue weighted by Crippen LogP contribution is 2.26. The van der Waals surface area contributed by atoms with Gasteiger partial charge in [0.1, 0.15) is 0 Å². The first-order valence-electron chi connectivity index (χ1n) is 5.42. The molecule has 84 valence electrons. The van der Waals surface area contributed by atoms with Crippen molar-refractivity contribution in [2.24, 2.45) is 0 Å². The van der Waals surface area contributed by atoms with Crippen LogP contribution in [0.3, 0.4) is 0 Å².